The molecule has 2 aromatic rings. The SMILES string of the molecule is Cc1ccccc1.Cc1ccccc1.NCC(OF)C(F)(F)CN. The standard InChI is InChI=1S/2C7H8.C4H9F3N2O/c2*1-7-5-3-2-4-6-7;5-4(6,2-9)3(1-8)10-7/h2*2-6H,1H3;3H,1-2,8-9H2. The molecule has 0 spiro atoms. The van der Waals surface area contributed by atoms with Crippen molar-refractivity contribution in [2.45, 2.75) is 25.9 Å². The predicted octanol–water partition coefficient (Wildman–Crippen LogP) is 3.80. The molecule has 0 amide bonds. The molecule has 0 aliphatic rings. The van der Waals surface area contributed by atoms with E-state index in [1.807, 2.05) is 36.4 Å². The van der Waals surface area contributed by atoms with Crippen LogP contribution in [0.4, 0.5) is 13.3 Å². The molecule has 24 heavy (non-hydrogen) atoms. The van der Waals surface area contributed by atoms with Gasteiger partial charge < -0.3 is 11.5 Å². The van der Waals surface area contributed by atoms with Gasteiger partial charge in [-0.15, -0.1) is 0 Å². The van der Waals surface area contributed by atoms with Gasteiger partial charge >= 0.3 is 0 Å². The van der Waals surface area contributed by atoms with Crippen LogP contribution >= 0.6 is 0 Å². The summed E-state index contributed by atoms with van der Waals surface area (Å²) in [6, 6.07) is 20.5. The zero-order chi connectivity index (χ0) is 18.4. The Hall–Kier alpha value is -1.89. The monoisotopic (exact) mass is 342 g/mol. The van der Waals surface area contributed by atoms with Crippen molar-refractivity contribution in [3.05, 3.63) is 71.8 Å². The minimum absolute atomic E-state index is 0.597. The van der Waals surface area contributed by atoms with Crippen molar-refractivity contribution in [2.24, 2.45) is 11.5 Å². The number of benzene rings is 2. The van der Waals surface area contributed by atoms with Gasteiger partial charge in [-0.05, 0) is 18.4 Å². The molecule has 3 nitrogen and oxygen atoms in total. The van der Waals surface area contributed by atoms with Crippen LogP contribution in [0.3, 0.4) is 0 Å². The second kappa shape index (κ2) is 12.5. The Bertz CT molecular complexity index is 483. The van der Waals surface area contributed by atoms with E-state index in [0.717, 1.165) is 0 Å². The predicted molar refractivity (Wildman–Crippen MR) is 91.4 cm³/mol. The molecule has 0 aliphatic heterocycles. The summed E-state index contributed by atoms with van der Waals surface area (Å²) in [5.41, 5.74) is 12.0. The van der Waals surface area contributed by atoms with E-state index < -0.39 is 25.1 Å². The Balaban J connectivity index is 0.000000337. The minimum atomic E-state index is -3.39. The lowest BCUT2D eigenvalue weighted by Gasteiger charge is -2.19. The average Bonchev–Trinajstić information content (AvgIpc) is 2.58. The first-order valence-corrected chi connectivity index (χ1v) is 7.46. The van der Waals surface area contributed by atoms with Crippen molar-refractivity contribution in [3.63, 3.8) is 0 Å². The molecule has 0 heterocycles. The fourth-order valence-corrected chi connectivity index (χ4v) is 1.47. The maximum atomic E-state index is 12.2. The quantitative estimate of drug-likeness (QED) is 0.888. The lowest BCUT2D eigenvalue weighted by molar-refractivity contribution is -0.244. The summed E-state index contributed by atoms with van der Waals surface area (Å²) in [6.45, 7) is 2.60. The number of hydrogen-bond acceptors (Lipinski definition) is 3. The Morgan fingerprint density at radius 2 is 1.25 bits per heavy atom. The van der Waals surface area contributed by atoms with E-state index in [4.69, 9.17) is 5.73 Å². The number of halogens is 3. The van der Waals surface area contributed by atoms with Gasteiger partial charge in [-0.3, -0.25) is 0 Å². The number of aryl methyl sites for hydroxylation is 2. The highest BCUT2D eigenvalue weighted by Gasteiger charge is 2.39. The molecule has 1 unspecified atom stereocenters. The molecule has 2 rings (SSSR count). The van der Waals surface area contributed by atoms with E-state index in [9.17, 15) is 13.3 Å². The summed E-state index contributed by atoms with van der Waals surface area (Å²) < 4.78 is 35.7. The van der Waals surface area contributed by atoms with Crippen molar-refractivity contribution in [2.75, 3.05) is 13.1 Å². The zero-order valence-corrected chi connectivity index (χ0v) is 14.0. The number of rotatable bonds is 4. The number of nitrogens with two attached hydrogens (primary N) is 2. The lowest BCUT2D eigenvalue weighted by Crippen LogP contribution is -2.45. The third-order valence-corrected chi connectivity index (χ3v) is 2.95. The van der Waals surface area contributed by atoms with Gasteiger partial charge in [0.05, 0.1) is 6.54 Å². The molecule has 0 aliphatic carbocycles. The summed E-state index contributed by atoms with van der Waals surface area (Å²) in [7, 11) is 0. The summed E-state index contributed by atoms with van der Waals surface area (Å²) in [5, 5.41) is 0. The van der Waals surface area contributed by atoms with Gasteiger partial charge in [-0.25, -0.2) is 8.78 Å². The van der Waals surface area contributed by atoms with E-state index in [1.165, 1.54) is 11.1 Å². The second-order valence-electron chi connectivity index (χ2n) is 5.09. The highest BCUT2D eigenvalue weighted by atomic mass is 19.3. The first kappa shape index (κ1) is 22.1. The normalized spacial score (nSPS) is 11.5. The van der Waals surface area contributed by atoms with E-state index in [-0.39, 0.29) is 0 Å². The summed E-state index contributed by atoms with van der Waals surface area (Å²) in [5.74, 6) is -3.39. The molecule has 0 fully saturated rings. The highest BCUT2D eigenvalue weighted by molar-refractivity contribution is 5.12. The van der Waals surface area contributed by atoms with Crippen molar-refractivity contribution < 1.29 is 18.2 Å². The van der Waals surface area contributed by atoms with Crippen molar-refractivity contribution in [1.82, 2.24) is 0 Å². The van der Waals surface area contributed by atoms with E-state index in [0.29, 0.717) is 0 Å². The largest absolute Gasteiger partial charge is 0.328 e. The van der Waals surface area contributed by atoms with Gasteiger partial charge in [0.2, 0.25) is 0 Å². The van der Waals surface area contributed by atoms with Crippen LogP contribution in [-0.2, 0) is 4.94 Å². The number of hydrogen-bond donors (Lipinski definition) is 2. The van der Waals surface area contributed by atoms with Gasteiger partial charge in [0.25, 0.3) is 5.92 Å². The Morgan fingerprint density at radius 3 is 1.38 bits per heavy atom. The van der Waals surface area contributed by atoms with Crippen LogP contribution in [0.15, 0.2) is 60.7 Å². The third kappa shape index (κ3) is 9.99. The van der Waals surface area contributed by atoms with Gasteiger partial charge in [-0.1, -0.05) is 71.8 Å². The van der Waals surface area contributed by atoms with Gasteiger partial charge in [0.15, 0.2) is 6.10 Å². The Labute approximate surface area is 141 Å². The fraction of sp³-hybridized carbons (Fsp3) is 0.333. The maximum absolute atomic E-state index is 12.2. The molecule has 0 saturated heterocycles. The molecule has 0 bridgehead atoms. The topological polar surface area (TPSA) is 61.3 Å². The van der Waals surface area contributed by atoms with Gasteiger partial charge in [-0.2, -0.15) is 4.94 Å². The second-order valence-corrected chi connectivity index (χ2v) is 5.09. The first-order chi connectivity index (χ1) is 11.4. The molecule has 134 valence electrons. The van der Waals surface area contributed by atoms with Crippen LogP contribution < -0.4 is 11.5 Å². The number of alkyl halides is 2. The highest BCUT2D eigenvalue weighted by Crippen LogP contribution is 2.18. The molecule has 0 saturated carbocycles. The molecule has 6 heteroatoms. The van der Waals surface area contributed by atoms with E-state index in [1.54, 1.807) is 0 Å². The van der Waals surface area contributed by atoms with Crippen LogP contribution in [0, 0.1) is 13.8 Å². The van der Waals surface area contributed by atoms with Crippen molar-refractivity contribution in [3.8, 4) is 0 Å². The average molecular weight is 342 g/mol. The molecular formula is C18H25F3N2O. The van der Waals surface area contributed by atoms with E-state index >= 15 is 0 Å². The molecule has 4 N–H and O–H groups in total. The molecular weight excluding hydrogens is 317 g/mol. The third-order valence-electron chi connectivity index (χ3n) is 2.95. The van der Waals surface area contributed by atoms with Gasteiger partial charge in [0.1, 0.15) is 0 Å². The Morgan fingerprint density at radius 1 is 0.875 bits per heavy atom. The van der Waals surface area contributed by atoms with Crippen molar-refractivity contribution >= 4 is 0 Å². The van der Waals surface area contributed by atoms with Crippen LogP contribution in [0.25, 0.3) is 0 Å². The summed E-state index contributed by atoms with van der Waals surface area (Å²) in [6.07, 6.45) is -1.93. The zero-order valence-electron chi connectivity index (χ0n) is 14.0. The molecule has 2 aromatic carbocycles. The first-order valence-electron chi connectivity index (χ1n) is 7.46. The maximum Gasteiger partial charge on any atom is 0.290 e. The smallest absolute Gasteiger partial charge is 0.290 e. The minimum Gasteiger partial charge on any atom is -0.328 e. The summed E-state index contributed by atoms with van der Waals surface area (Å²) >= 11 is 0. The lowest BCUT2D eigenvalue weighted by atomic mass is 10.2. The van der Waals surface area contributed by atoms with Crippen molar-refractivity contribution in [1.29, 1.82) is 0 Å². The Kier molecular flexibility index (Phi) is 11.5. The fourth-order valence-electron chi connectivity index (χ4n) is 1.47. The molecule has 0 radical (unpaired) electrons. The van der Waals surface area contributed by atoms with Crippen LogP contribution in [0.1, 0.15) is 11.1 Å². The van der Waals surface area contributed by atoms with Crippen LogP contribution in [-0.4, -0.2) is 25.1 Å². The van der Waals surface area contributed by atoms with Gasteiger partial charge in [0, 0.05) is 6.54 Å². The van der Waals surface area contributed by atoms with Crippen LogP contribution in [0.5, 0.6) is 0 Å². The molecule has 0 aromatic heterocycles. The summed E-state index contributed by atoms with van der Waals surface area (Å²) in [4.78, 5) is 2.90. The van der Waals surface area contributed by atoms with E-state index in [2.05, 4.69) is 48.8 Å². The van der Waals surface area contributed by atoms with Crippen LogP contribution in [0.2, 0.25) is 0 Å². The molecule has 1 atom stereocenters.